The molecule has 5 nitrogen and oxygen atoms in total. The molecule has 19 heavy (non-hydrogen) atoms. The molecule has 1 atom stereocenters. The van der Waals surface area contributed by atoms with E-state index in [4.69, 9.17) is 4.74 Å². The molecular weight excluding hydrogens is 240 g/mol. The quantitative estimate of drug-likeness (QED) is 0.873. The maximum absolute atomic E-state index is 5.76. The Morgan fingerprint density at radius 1 is 1.47 bits per heavy atom. The molecule has 1 aromatic rings. The molecular formula is C14H24N4O. The Labute approximate surface area is 115 Å². The van der Waals surface area contributed by atoms with Gasteiger partial charge in [-0.05, 0) is 33.2 Å². The van der Waals surface area contributed by atoms with E-state index in [1.807, 2.05) is 27.2 Å². The minimum Gasteiger partial charge on any atom is -0.376 e. The number of aryl methyl sites for hydroxylation is 1. The van der Waals surface area contributed by atoms with E-state index in [2.05, 4.69) is 20.2 Å². The first kappa shape index (κ1) is 14.2. The maximum Gasteiger partial charge on any atom is 0.225 e. The molecule has 0 aromatic carbocycles. The van der Waals surface area contributed by atoms with Crippen molar-refractivity contribution in [3.63, 3.8) is 0 Å². The van der Waals surface area contributed by atoms with Crippen LogP contribution >= 0.6 is 0 Å². The molecule has 0 radical (unpaired) electrons. The van der Waals surface area contributed by atoms with Crippen LogP contribution < -0.4 is 10.2 Å². The lowest BCUT2D eigenvalue weighted by Crippen LogP contribution is -2.34. The van der Waals surface area contributed by atoms with Gasteiger partial charge < -0.3 is 15.0 Å². The second-order valence-electron chi connectivity index (χ2n) is 5.18. The fraction of sp³-hybridized carbons (Fsp3) is 0.714. The van der Waals surface area contributed by atoms with Gasteiger partial charge in [-0.1, -0.05) is 0 Å². The molecule has 1 aromatic heterocycles. The number of ether oxygens (including phenoxy) is 1. The second kappa shape index (κ2) is 6.82. The summed E-state index contributed by atoms with van der Waals surface area (Å²) in [4.78, 5) is 11.1. The molecule has 2 heterocycles. The highest BCUT2D eigenvalue weighted by atomic mass is 16.5. The number of anilines is 1. The monoisotopic (exact) mass is 264 g/mol. The summed E-state index contributed by atoms with van der Waals surface area (Å²) < 4.78 is 5.76. The van der Waals surface area contributed by atoms with Crippen molar-refractivity contribution in [2.75, 3.05) is 32.1 Å². The van der Waals surface area contributed by atoms with E-state index in [0.717, 1.165) is 43.3 Å². The van der Waals surface area contributed by atoms with Crippen molar-refractivity contribution in [3.8, 4) is 0 Å². The third-order valence-corrected chi connectivity index (χ3v) is 3.53. The van der Waals surface area contributed by atoms with Gasteiger partial charge in [0.25, 0.3) is 0 Å². The molecule has 1 aliphatic rings. The lowest BCUT2D eigenvalue weighted by atomic mass is 10.1. The molecule has 0 amide bonds. The lowest BCUT2D eigenvalue weighted by molar-refractivity contribution is 0.0214. The van der Waals surface area contributed by atoms with Gasteiger partial charge in [-0.25, -0.2) is 9.97 Å². The van der Waals surface area contributed by atoms with Crippen LogP contribution in [0.1, 0.15) is 30.5 Å². The molecule has 1 unspecified atom stereocenters. The van der Waals surface area contributed by atoms with Crippen LogP contribution in [0.4, 0.5) is 5.95 Å². The van der Waals surface area contributed by atoms with E-state index in [1.165, 1.54) is 12.8 Å². The van der Waals surface area contributed by atoms with Crippen molar-refractivity contribution < 1.29 is 4.74 Å². The van der Waals surface area contributed by atoms with Gasteiger partial charge in [-0.15, -0.1) is 0 Å². The predicted molar refractivity (Wildman–Crippen MR) is 76.4 cm³/mol. The first-order valence-electron chi connectivity index (χ1n) is 7.00. The van der Waals surface area contributed by atoms with Crippen LogP contribution in [-0.4, -0.2) is 43.3 Å². The van der Waals surface area contributed by atoms with Crippen molar-refractivity contribution >= 4 is 5.95 Å². The van der Waals surface area contributed by atoms with Crippen LogP contribution in [0.15, 0.2) is 6.20 Å². The number of aromatic nitrogens is 2. The highest BCUT2D eigenvalue weighted by Crippen LogP contribution is 2.16. The molecule has 0 aliphatic carbocycles. The number of nitrogens with zero attached hydrogens (tertiary/aromatic N) is 3. The largest absolute Gasteiger partial charge is 0.376 e. The summed E-state index contributed by atoms with van der Waals surface area (Å²) in [6, 6.07) is 0. The Kier molecular flexibility index (Phi) is 5.10. The van der Waals surface area contributed by atoms with Gasteiger partial charge in [0.15, 0.2) is 0 Å². The first-order valence-corrected chi connectivity index (χ1v) is 7.00. The van der Waals surface area contributed by atoms with Crippen LogP contribution in [0.2, 0.25) is 0 Å². The van der Waals surface area contributed by atoms with Crippen LogP contribution in [0.5, 0.6) is 0 Å². The van der Waals surface area contributed by atoms with Crippen molar-refractivity contribution in [1.29, 1.82) is 0 Å². The Hall–Kier alpha value is -1.20. The van der Waals surface area contributed by atoms with Crippen molar-refractivity contribution in [2.24, 2.45) is 0 Å². The zero-order valence-corrected chi connectivity index (χ0v) is 12.1. The third kappa shape index (κ3) is 3.88. The molecule has 0 bridgehead atoms. The van der Waals surface area contributed by atoms with Gasteiger partial charge >= 0.3 is 0 Å². The van der Waals surface area contributed by atoms with Crippen molar-refractivity contribution in [2.45, 2.75) is 38.8 Å². The standard InChI is InChI=1S/C14H24N4O/c1-11-12(8-15-2)9-16-14(17-11)18(3)10-13-6-4-5-7-19-13/h9,13,15H,4-8,10H2,1-3H3. The zero-order valence-electron chi connectivity index (χ0n) is 12.1. The topological polar surface area (TPSA) is 50.3 Å². The average molecular weight is 264 g/mol. The third-order valence-electron chi connectivity index (χ3n) is 3.53. The summed E-state index contributed by atoms with van der Waals surface area (Å²) >= 11 is 0. The molecule has 5 heteroatoms. The summed E-state index contributed by atoms with van der Waals surface area (Å²) in [5, 5.41) is 3.13. The molecule has 106 valence electrons. The SMILES string of the molecule is CNCc1cnc(N(C)CC2CCCCO2)nc1C. The molecule has 1 aliphatic heterocycles. The lowest BCUT2D eigenvalue weighted by Gasteiger charge is -2.27. The Bertz CT molecular complexity index is 404. The zero-order chi connectivity index (χ0) is 13.7. The number of hydrogen-bond donors (Lipinski definition) is 1. The van der Waals surface area contributed by atoms with Crippen LogP contribution in [0.25, 0.3) is 0 Å². The van der Waals surface area contributed by atoms with Crippen LogP contribution in [0.3, 0.4) is 0 Å². The van der Waals surface area contributed by atoms with Crippen molar-refractivity contribution in [1.82, 2.24) is 15.3 Å². The maximum atomic E-state index is 5.76. The van der Waals surface area contributed by atoms with E-state index in [9.17, 15) is 0 Å². The highest BCUT2D eigenvalue weighted by Gasteiger charge is 2.17. The normalized spacial score (nSPS) is 19.4. The van der Waals surface area contributed by atoms with Gasteiger partial charge in [-0.2, -0.15) is 0 Å². The molecule has 0 saturated carbocycles. The molecule has 1 fully saturated rings. The highest BCUT2D eigenvalue weighted by molar-refractivity contribution is 5.32. The number of rotatable bonds is 5. The second-order valence-corrected chi connectivity index (χ2v) is 5.18. The average Bonchev–Trinajstić information content (AvgIpc) is 2.42. The number of nitrogens with one attached hydrogen (secondary N) is 1. The van der Waals surface area contributed by atoms with Crippen LogP contribution in [-0.2, 0) is 11.3 Å². The summed E-state index contributed by atoms with van der Waals surface area (Å²) in [5.41, 5.74) is 2.18. The first-order chi connectivity index (χ1) is 9.20. The summed E-state index contributed by atoms with van der Waals surface area (Å²) in [6.45, 7) is 4.59. The molecule has 1 N–H and O–H groups in total. The predicted octanol–water partition coefficient (Wildman–Crippen LogP) is 1.51. The molecule has 2 rings (SSSR count). The molecule has 0 spiro atoms. The van der Waals surface area contributed by atoms with E-state index in [0.29, 0.717) is 6.10 Å². The summed E-state index contributed by atoms with van der Waals surface area (Å²) in [7, 11) is 3.96. The van der Waals surface area contributed by atoms with Crippen LogP contribution in [0, 0.1) is 6.92 Å². The van der Waals surface area contributed by atoms with Gasteiger partial charge in [0.05, 0.1) is 6.10 Å². The fourth-order valence-corrected chi connectivity index (χ4v) is 2.37. The number of hydrogen-bond acceptors (Lipinski definition) is 5. The molecule has 1 saturated heterocycles. The van der Waals surface area contributed by atoms with E-state index >= 15 is 0 Å². The smallest absolute Gasteiger partial charge is 0.225 e. The van der Waals surface area contributed by atoms with Gasteiger partial charge in [0.2, 0.25) is 5.95 Å². The minimum atomic E-state index is 0.319. The summed E-state index contributed by atoms with van der Waals surface area (Å²) in [6.07, 6.45) is 5.82. The van der Waals surface area contributed by atoms with Gasteiger partial charge in [-0.3, -0.25) is 0 Å². The Morgan fingerprint density at radius 2 is 2.32 bits per heavy atom. The Balaban J connectivity index is 1.98. The van der Waals surface area contributed by atoms with Gasteiger partial charge in [0, 0.05) is 44.2 Å². The van der Waals surface area contributed by atoms with E-state index in [1.54, 1.807) is 0 Å². The Morgan fingerprint density at radius 3 is 2.95 bits per heavy atom. The minimum absolute atomic E-state index is 0.319. The van der Waals surface area contributed by atoms with E-state index in [-0.39, 0.29) is 0 Å². The number of likely N-dealkylation sites (N-methyl/N-ethyl adjacent to an activating group) is 1. The van der Waals surface area contributed by atoms with E-state index < -0.39 is 0 Å². The summed E-state index contributed by atoms with van der Waals surface area (Å²) in [5.74, 6) is 0.784. The van der Waals surface area contributed by atoms with Crippen molar-refractivity contribution in [3.05, 3.63) is 17.5 Å². The van der Waals surface area contributed by atoms with Gasteiger partial charge in [0.1, 0.15) is 0 Å². The fourth-order valence-electron chi connectivity index (χ4n) is 2.37.